The van der Waals surface area contributed by atoms with Crippen molar-refractivity contribution in [1.82, 2.24) is 0 Å². The maximum Gasteiger partial charge on any atom is -0.00258 e. The van der Waals surface area contributed by atoms with Crippen molar-refractivity contribution in [2.75, 3.05) is 0 Å². The van der Waals surface area contributed by atoms with Crippen LogP contribution in [0, 0.1) is 12.8 Å². The highest BCUT2D eigenvalue weighted by atomic mass is 14.3. The zero-order valence-corrected chi connectivity index (χ0v) is 21.5. The molecular formula is C32H44. The average molecular weight is 429 g/mol. The first-order valence-electron chi connectivity index (χ1n) is 12.5. The largest absolute Gasteiger partial charge is 0.0651 e. The van der Waals surface area contributed by atoms with Gasteiger partial charge >= 0.3 is 0 Å². The predicted octanol–water partition coefficient (Wildman–Crippen LogP) is 9.31. The van der Waals surface area contributed by atoms with Crippen molar-refractivity contribution >= 4 is 0 Å². The third kappa shape index (κ3) is 7.97. The van der Waals surface area contributed by atoms with E-state index < -0.39 is 0 Å². The Kier molecular flexibility index (Phi) is 10.2. The molecule has 0 saturated heterocycles. The zero-order chi connectivity index (χ0) is 23.6. The van der Waals surface area contributed by atoms with Gasteiger partial charge in [-0.25, -0.2) is 0 Å². The zero-order valence-electron chi connectivity index (χ0n) is 21.5. The Morgan fingerprint density at radius 3 is 1.22 bits per heavy atom. The van der Waals surface area contributed by atoms with E-state index >= 15 is 0 Å². The molecule has 0 heteroatoms. The molecule has 0 aliphatic carbocycles. The molecule has 172 valence electrons. The van der Waals surface area contributed by atoms with Crippen molar-refractivity contribution in [3.63, 3.8) is 0 Å². The lowest BCUT2D eigenvalue weighted by molar-refractivity contribution is 0.439. The first kappa shape index (κ1) is 25.9. The first-order valence-corrected chi connectivity index (χ1v) is 12.5. The number of rotatable bonds is 8. The number of hydrogen-bond acceptors (Lipinski definition) is 0. The Morgan fingerprint density at radius 2 is 0.906 bits per heavy atom. The molecule has 3 aromatic carbocycles. The van der Waals surface area contributed by atoms with Crippen LogP contribution in [0.4, 0.5) is 0 Å². The minimum absolute atomic E-state index is 0.302. The van der Waals surface area contributed by atoms with Gasteiger partial charge in [0.15, 0.2) is 0 Å². The van der Waals surface area contributed by atoms with E-state index in [9.17, 15) is 0 Å². The molecule has 0 nitrogen and oxygen atoms in total. The second-order valence-electron chi connectivity index (χ2n) is 9.92. The Balaban J connectivity index is 0.000000654. The molecule has 0 aliphatic rings. The minimum atomic E-state index is 0.302. The standard InChI is InChI=1S/C27H32.C5H12/c1-5-27(4,6-2)26-17-15-25(16-18-26)20-24-13-11-23(12-14-24)19-22-9-7-21(3)8-10-22;1-4-5(2)3/h7-18H,5-6,19-20H2,1-4H3;5H,4H2,1-3H3. The van der Waals surface area contributed by atoms with Crippen LogP contribution in [0.1, 0.15) is 94.2 Å². The third-order valence-electron chi connectivity index (χ3n) is 6.99. The number of hydrogen-bond donors (Lipinski definition) is 0. The Hall–Kier alpha value is -2.34. The van der Waals surface area contributed by atoms with Gasteiger partial charge in [-0.3, -0.25) is 0 Å². The molecule has 0 atom stereocenters. The van der Waals surface area contributed by atoms with E-state index in [1.807, 2.05) is 0 Å². The van der Waals surface area contributed by atoms with Crippen molar-refractivity contribution < 1.29 is 0 Å². The van der Waals surface area contributed by atoms with Gasteiger partial charge < -0.3 is 0 Å². The molecule has 0 spiro atoms. The SMILES string of the molecule is CCC(C)(CC)c1ccc(Cc2ccc(Cc3ccc(C)cc3)cc2)cc1.CCC(C)C. The quantitative estimate of drug-likeness (QED) is 0.335. The van der Waals surface area contributed by atoms with Crippen LogP contribution in [0.25, 0.3) is 0 Å². The monoisotopic (exact) mass is 428 g/mol. The van der Waals surface area contributed by atoms with Crippen LogP contribution < -0.4 is 0 Å². The second-order valence-corrected chi connectivity index (χ2v) is 9.92. The van der Waals surface area contributed by atoms with Gasteiger partial charge in [0.25, 0.3) is 0 Å². The highest BCUT2D eigenvalue weighted by molar-refractivity contribution is 5.34. The predicted molar refractivity (Wildman–Crippen MR) is 143 cm³/mol. The molecule has 0 amide bonds. The lowest BCUT2D eigenvalue weighted by atomic mass is 9.77. The van der Waals surface area contributed by atoms with E-state index in [0.29, 0.717) is 5.41 Å². The summed E-state index contributed by atoms with van der Waals surface area (Å²) in [6, 6.07) is 27.2. The van der Waals surface area contributed by atoms with Crippen LogP contribution >= 0.6 is 0 Å². The van der Waals surface area contributed by atoms with E-state index in [1.165, 1.54) is 52.6 Å². The summed E-state index contributed by atoms with van der Waals surface area (Å²) in [5.74, 6) is 0.884. The van der Waals surface area contributed by atoms with Gasteiger partial charge in [0.1, 0.15) is 0 Å². The van der Waals surface area contributed by atoms with E-state index in [1.54, 1.807) is 0 Å². The fourth-order valence-electron chi connectivity index (χ4n) is 3.64. The Labute approximate surface area is 198 Å². The van der Waals surface area contributed by atoms with Crippen LogP contribution in [0.2, 0.25) is 0 Å². The molecule has 0 unspecified atom stereocenters. The molecule has 0 N–H and O–H groups in total. The molecule has 0 fully saturated rings. The summed E-state index contributed by atoms with van der Waals surface area (Å²) in [6.07, 6.45) is 5.68. The molecule has 3 aromatic rings. The van der Waals surface area contributed by atoms with Gasteiger partial charge in [0.05, 0.1) is 0 Å². The third-order valence-corrected chi connectivity index (χ3v) is 6.99. The second kappa shape index (κ2) is 12.6. The first-order chi connectivity index (χ1) is 15.3. The van der Waals surface area contributed by atoms with Crippen molar-refractivity contribution in [3.8, 4) is 0 Å². The molecule has 0 radical (unpaired) electrons. The smallest absolute Gasteiger partial charge is 0.00258 e. The summed E-state index contributed by atoms with van der Waals surface area (Å²) in [5, 5.41) is 0. The molecule has 0 aliphatic heterocycles. The summed E-state index contributed by atoms with van der Waals surface area (Å²) in [5.41, 5.74) is 8.60. The molecule has 0 aromatic heterocycles. The highest BCUT2D eigenvalue weighted by Gasteiger charge is 2.21. The van der Waals surface area contributed by atoms with Crippen molar-refractivity contribution in [2.24, 2.45) is 5.92 Å². The normalized spacial score (nSPS) is 11.2. The molecule has 3 rings (SSSR count). The molecule has 32 heavy (non-hydrogen) atoms. The van der Waals surface area contributed by atoms with E-state index in [0.717, 1.165) is 18.8 Å². The molecule has 0 bridgehead atoms. The fraction of sp³-hybridized carbons (Fsp3) is 0.438. The maximum atomic E-state index is 2.37. The lowest BCUT2D eigenvalue weighted by Gasteiger charge is -2.27. The van der Waals surface area contributed by atoms with Gasteiger partial charge in [-0.15, -0.1) is 0 Å². The van der Waals surface area contributed by atoms with Crippen LogP contribution in [0.15, 0.2) is 72.8 Å². The Bertz CT molecular complexity index is 892. The topological polar surface area (TPSA) is 0 Å². The van der Waals surface area contributed by atoms with E-state index in [2.05, 4.69) is 121 Å². The van der Waals surface area contributed by atoms with Crippen LogP contribution in [0.5, 0.6) is 0 Å². The Morgan fingerprint density at radius 1 is 0.594 bits per heavy atom. The van der Waals surface area contributed by atoms with Gasteiger partial charge in [0, 0.05) is 0 Å². The summed E-state index contributed by atoms with van der Waals surface area (Å²) >= 11 is 0. The summed E-state index contributed by atoms with van der Waals surface area (Å²) < 4.78 is 0. The molecule has 0 heterocycles. The highest BCUT2D eigenvalue weighted by Crippen LogP contribution is 2.31. The van der Waals surface area contributed by atoms with Gasteiger partial charge in [0.2, 0.25) is 0 Å². The van der Waals surface area contributed by atoms with Crippen LogP contribution in [-0.4, -0.2) is 0 Å². The van der Waals surface area contributed by atoms with E-state index in [4.69, 9.17) is 0 Å². The minimum Gasteiger partial charge on any atom is -0.0651 e. The average Bonchev–Trinajstić information content (AvgIpc) is 2.82. The van der Waals surface area contributed by atoms with Crippen molar-refractivity contribution in [2.45, 2.75) is 86.0 Å². The van der Waals surface area contributed by atoms with Crippen LogP contribution in [-0.2, 0) is 18.3 Å². The molecular weight excluding hydrogens is 384 g/mol. The number of benzene rings is 3. The van der Waals surface area contributed by atoms with Gasteiger partial charge in [-0.2, -0.15) is 0 Å². The van der Waals surface area contributed by atoms with Crippen molar-refractivity contribution in [1.29, 1.82) is 0 Å². The maximum absolute atomic E-state index is 2.37. The lowest BCUT2D eigenvalue weighted by Crippen LogP contribution is -2.19. The number of aryl methyl sites for hydroxylation is 1. The summed E-state index contributed by atoms with van der Waals surface area (Å²) in [6.45, 7) is 15.7. The summed E-state index contributed by atoms with van der Waals surface area (Å²) in [4.78, 5) is 0. The van der Waals surface area contributed by atoms with Crippen LogP contribution in [0.3, 0.4) is 0 Å². The van der Waals surface area contributed by atoms with E-state index in [-0.39, 0.29) is 0 Å². The summed E-state index contributed by atoms with van der Waals surface area (Å²) in [7, 11) is 0. The van der Waals surface area contributed by atoms with Gasteiger partial charge in [-0.1, -0.05) is 126 Å². The fourth-order valence-corrected chi connectivity index (χ4v) is 3.64. The van der Waals surface area contributed by atoms with Crippen molar-refractivity contribution in [3.05, 3.63) is 106 Å². The molecule has 0 saturated carbocycles. The van der Waals surface area contributed by atoms with Gasteiger partial charge in [-0.05, 0) is 71.8 Å².